The van der Waals surface area contributed by atoms with Gasteiger partial charge in [0.05, 0.1) is 0 Å². The lowest BCUT2D eigenvalue weighted by molar-refractivity contribution is 0.262. The van der Waals surface area contributed by atoms with Gasteiger partial charge >= 0.3 is 0 Å². The van der Waals surface area contributed by atoms with Crippen LogP contribution >= 0.6 is 24.0 Å². The summed E-state index contributed by atoms with van der Waals surface area (Å²) in [6.45, 7) is 10.1. The van der Waals surface area contributed by atoms with E-state index < -0.39 is 0 Å². The van der Waals surface area contributed by atoms with Crippen LogP contribution < -0.4 is 5.73 Å². The quantitative estimate of drug-likeness (QED) is 0.868. The van der Waals surface area contributed by atoms with E-state index in [4.69, 9.17) is 18.0 Å². The Balaban J connectivity index is 2.08. The molecule has 0 radical (unpaired) electrons. The molecular weight excluding hydrogens is 272 g/mol. The molecule has 0 saturated carbocycles. The third kappa shape index (κ3) is 3.94. The van der Waals surface area contributed by atoms with Gasteiger partial charge in [-0.05, 0) is 24.1 Å². The van der Waals surface area contributed by atoms with Crippen molar-refractivity contribution in [2.75, 3.05) is 13.1 Å². The molecule has 0 bridgehead atoms. The van der Waals surface area contributed by atoms with Crippen molar-refractivity contribution >= 4 is 29.0 Å². The number of rotatable bonds is 3. The minimum absolute atomic E-state index is 0.478. The Morgan fingerprint density at radius 2 is 2.00 bits per heavy atom. The minimum atomic E-state index is 0.478. The van der Waals surface area contributed by atoms with Crippen LogP contribution in [0.15, 0.2) is 18.2 Å². The second kappa shape index (κ2) is 6.25. The first-order chi connectivity index (χ1) is 8.95. The Hall–Kier alpha value is -0.580. The van der Waals surface area contributed by atoms with Crippen molar-refractivity contribution < 1.29 is 0 Å². The fourth-order valence-electron chi connectivity index (χ4n) is 2.68. The zero-order valence-corrected chi connectivity index (χ0v) is 13.5. The second-order valence-electron chi connectivity index (χ2n) is 5.46. The van der Waals surface area contributed by atoms with Crippen LogP contribution in [0.25, 0.3) is 0 Å². The maximum absolute atomic E-state index is 5.67. The molecule has 4 heteroatoms. The fraction of sp³-hybridized carbons (Fsp3) is 0.533. The van der Waals surface area contributed by atoms with Crippen LogP contribution in [0.4, 0.5) is 0 Å². The summed E-state index contributed by atoms with van der Waals surface area (Å²) >= 11 is 7.11. The first-order valence-electron chi connectivity index (χ1n) is 6.73. The molecule has 1 saturated heterocycles. The third-order valence-corrected chi connectivity index (χ3v) is 4.98. The number of hydrogen-bond acceptors (Lipinski definition) is 3. The van der Waals surface area contributed by atoms with E-state index in [2.05, 4.69) is 49.6 Å². The SMILES string of the molecule is Cc1cc(C(N)=S)ccc1CN1CC(C)SC(C)C1. The lowest BCUT2D eigenvalue weighted by Gasteiger charge is -2.34. The summed E-state index contributed by atoms with van der Waals surface area (Å²) in [7, 11) is 0. The summed E-state index contributed by atoms with van der Waals surface area (Å²) in [5.74, 6) is 0. The van der Waals surface area contributed by atoms with Gasteiger partial charge in [-0.2, -0.15) is 11.8 Å². The van der Waals surface area contributed by atoms with Crippen LogP contribution in [0.3, 0.4) is 0 Å². The van der Waals surface area contributed by atoms with Crippen LogP contribution in [0.1, 0.15) is 30.5 Å². The van der Waals surface area contributed by atoms with Crippen molar-refractivity contribution in [3.05, 3.63) is 34.9 Å². The predicted molar refractivity (Wildman–Crippen MR) is 88.9 cm³/mol. The van der Waals surface area contributed by atoms with Crippen LogP contribution in [-0.4, -0.2) is 33.5 Å². The fourth-order valence-corrected chi connectivity index (χ4v) is 4.19. The molecule has 19 heavy (non-hydrogen) atoms. The lowest BCUT2D eigenvalue weighted by atomic mass is 10.0. The van der Waals surface area contributed by atoms with E-state index >= 15 is 0 Å². The Labute approximate surface area is 125 Å². The van der Waals surface area contributed by atoms with Crippen LogP contribution in [0.2, 0.25) is 0 Å². The standard InChI is InChI=1S/C15H22N2S2/c1-10-6-13(15(16)18)4-5-14(10)9-17-7-11(2)19-12(3)8-17/h4-6,11-12H,7-9H2,1-3H3,(H2,16,18). The molecule has 1 aliphatic rings. The summed E-state index contributed by atoms with van der Waals surface area (Å²) < 4.78 is 0. The molecule has 2 N–H and O–H groups in total. The summed E-state index contributed by atoms with van der Waals surface area (Å²) in [6, 6.07) is 6.31. The zero-order valence-electron chi connectivity index (χ0n) is 11.8. The van der Waals surface area contributed by atoms with Crippen molar-refractivity contribution in [3.8, 4) is 0 Å². The molecule has 0 spiro atoms. The van der Waals surface area contributed by atoms with Gasteiger partial charge in [-0.25, -0.2) is 0 Å². The molecule has 0 aliphatic carbocycles. The first kappa shape index (κ1) is 14.8. The molecular formula is C15H22N2S2. The smallest absolute Gasteiger partial charge is 0.103 e. The normalized spacial score (nSPS) is 24.4. The number of thioether (sulfide) groups is 1. The van der Waals surface area contributed by atoms with Crippen molar-refractivity contribution in [1.29, 1.82) is 0 Å². The van der Waals surface area contributed by atoms with Gasteiger partial charge in [0.25, 0.3) is 0 Å². The van der Waals surface area contributed by atoms with Crippen molar-refractivity contribution in [3.63, 3.8) is 0 Å². The second-order valence-corrected chi connectivity index (χ2v) is 7.78. The van der Waals surface area contributed by atoms with Crippen LogP contribution in [0, 0.1) is 6.92 Å². The minimum Gasteiger partial charge on any atom is -0.389 e. The van der Waals surface area contributed by atoms with Crippen molar-refractivity contribution in [2.24, 2.45) is 5.73 Å². The average molecular weight is 294 g/mol. The molecule has 1 aromatic carbocycles. The lowest BCUT2D eigenvalue weighted by Crippen LogP contribution is -2.39. The Bertz CT molecular complexity index is 463. The van der Waals surface area contributed by atoms with Gasteiger partial charge in [0, 0.05) is 35.7 Å². The van der Waals surface area contributed by atoms with Crippen molar-refractivity contribution in [1.82, 2.24) is 4.90 Å². The molecule has 1 aromatic rings. The highest BCUT2D eigenvalue weighted by molar-refractivity contribution is 8.00. The number of nitrogens with two attached hydrogens (primary N) is 1. The molecule has 2 unspecified atom stereocenters. The summed E-state index contributed by atoms with van der Waals surface area (Å²) in [5.41, 5.74) is 9.30. The van der Waals surface area contributed by atoms with Gasteiger partial charge in [-0.3, -0.25) is 4.90 Å². The van der Waals surface area contributed by atoms with E-state index in [1.54, 1.807) is 0 Å². The third-order valence-electron chi connectivity index (χ3n) is 3.52. The molecule has 1 heterocycles. The highest BCUT2D eigenvalue weighted by Gasteiger charge is 2.22. The van der Waals surface area contributed by atoms with Crippen molar-refractivity contribution in [2.45, 2.75) is 37.8 Å². The Morgan fingerprint density at radius 1 is 1.37 bits per heavy atom. The number of hydrogen-bond donors (Lipinski definition) is 1. The van der Waals surface area contributed by atoms with E-state index in [1.165, 1.54) is 24.2 Å². The van der Waals surface area contributed by atoms with E-state index in [-0.39, 0.29) is 0 Å². The number of nitrogens with zero attached hydrogens (tertiary/aromatic N) is 1. The Morgan fingerprint density at radius 3 is 2.53 bits per heavy atom. The predicted octanol–water partition coefficient (Wildman–Crippen LogP) is 2.96. The van der Waals surface area contributed by atoms with Gasteiger partial charge in [0.1, 0.15) is 4.99 Å². The molecule has 2 atom stereocenters. The summed E-state index contributed by atoms with van der Waals surface area (Å²) in [5, 5.41) is 1.44. The molecule has 104 valence electrons. The largest absolute Gasteiger partial charge is 0.389 e. The van der Waals surface area contributed by atoms with E-state index in [0.29, 0.717) is 4.99 Å². The monoisotopic (exact) mass is 294 g/mol. The Kier molecular flexibility index (Phi) is 4.87. The molecule has 2 rings (SSSR count). The van der Waals surface area contributed by atoms with E-state index in [0.717, 1.165) is 22.6 Å². The molecule has 2 nitrogen and oxygen atoms in total. The maximum Gasteiger partial charge on any atom is 0.103 e. The molecule has 1 fully saturated rings. The summed E-state index contributed by atoms with van der Waals surface area (Å²) in [6.07, 6.45) is 0. The number of thiocarbonyl (C=S) groups is 1. The van der Waals surface area contributed by atoms with Crippen LogP contribution in [-0.2, 0) is 6.54 Å². The topological polar surface area (TPSA) is 29.3 Å². The number of aryl methyl sites for hydroxylation is 1. The maximum atomic E-state index is 5.67. The van der Waals surface area contributed by atoms with E-state index in [9.17, 15) is 0 Å². The molecule has 0 aromatic heterocycles. The van der Waals surface area contributed by atoms with Gasteiger partial charge in [-0.15, -0.1) is 0 Å². The molecule has 0 amide bonds. The highest BCUT2D eigenvalue weighted by Crippen LogP contribution is 2.26. The number of benzene rings is 1. The van der Waals surface area contributed by atoms with E-state index in [1.807, 2.05) is 6.07 Å². The van der Waals surface area contributed by atoms with Gasteiger partial charge in [0.2, 0.25) is 0 Å². The van der Waals surface area contributed by atoms with Gasteiger partial charge in [0.15, 0.2) is 0 Å². The molecule has 1 aliphatic heterocycles. The average Bonchev–Trinajstić information content (AvgIpc) is 2.30. The first-order valence-corrected chi connectivity index (χ1v) is 8.08. The van der Waals surface area contributed by atoms with Crippen LogP contribution in [0.5, 0.6) is 0 Å². The van der Waals surface area contributed by atoms with Gasteiger partial charge < -0.3 is 5.73 Å². The summed E-state index contributed by atoms with van der Waals surface area (Å²) in [4.78, 5) is 3.03. The zero-order chi connectivity index (χ0) is 14.0. The van der Waals surface area contributed by atoms with Gasteiger partial charge in [-0.1, -0.05) is 38.2 Å². The highest BCUT2D eigenvalue weighted by atomic mass is 32.2.